The highest BCUT2D eigenvalue weighted by molar-refractivity contribution is 14.1. The van der Waals surface area contributed by atoms with Gasteiger partial charge in [0.2, 0.25) is 0 Å². The quantitative estimate of drug-likeness (QED) is 0.504. The Hall–Kier alpha value is -1.94. The number of ketones is 1. The van der Waals surface area contributed by atoms with Crippen molar-refractivity contribution in [1.29, 1.82) is 0 Å². The first kappa shape index (κ1) is 19.8. The van der Waals surface area contributed by atoms with Crippen LogP contribution in [0.3, 0.4) is 0 Å². The van der Waals surface area contributed by atoms with Gasteiger partial charge in [-0.25, -0.2) is 4.39 Å². The van der Waals surface area contributed by atoms with E-state index in [9.17, 15) is 19.1 Å². The number of hydrogen-bond acceptors (Lipinski definition) is 4. The third kappa shape index (κ3) is 3.86. The molecule has 0 radical (unpaired) electrons. The summed E-state index contributed by atoms with van der Waals surface area (Å²) < 4.78 is 16.6. The molecule has 27 heavy (non-hydrogen) atoms. The van der Waals surface area contributed by atoms with Gasteiger partial charge in [-0.05, 0) is 59.7 Å². The molecule has 1 amide bonds. The number of aliphatic hydroxyl groups is 1. The number of rotatable bonds is 5. The van der Waals surface area contributed by atoms with E-state index in [1.165, 1.54) is 19.1 Å². The van der Waals surface area contributed by atoms with Gasteiger partial charge in [0.25, 0.3) is 5.91 Å². The summed E-state index contributed by atoms with van der Waals surface area (Å²) in [5, 5.41) is 12.5. The number of aromatic nitrogens is 1. The van der Waals surface area contributed by atoms with Gasteiger partial charge >= 0.3 is 0 Å². The fourth-order valence-electron chi connectivity index (χ4n) is 3.42. The SMILES string of the molecule is CC(=O)c1cc(C(=O)N2CCCC2CO)c(Nc2ccc(I)cc2F)n1C. The third-order valence-corrected chi connectivity index (χ3v) is 5.53. The maximum atomic E-state index is 14.3. The molecule has 2 N–H and O–H groups in total. The molecule has 0 bridgehead atoms. The van der Waals surface area contributed by atoms with Gasteiger partial charge in [-0.3, -0.25) is 9.59 Å². The second kappa shape index (κ2) is 7.97. The fraction of sp³-hybridized carbons (Fsp3) is 0.368. The number of amides is 1. The van der Waals surface area contributed by atoms with Crippen LogP contribution in [0, 0.1) is 9.39 Å². The van der Waals surface area contributed by atoms with Crippen molar-refractivity contribution in [1.82, 2.24) is 9.47 Å². The van der Waals surface area contributed by atoms with Gasteiger partial charge in [-0.1, -0.05) is 0 Å². The lowest BCUT2D eigenvalue weighted by Crippen LogP contribution is -2.37. The zero-order valence-corrected chi connectivity index (χ0v) is 17.3. The Balaban J connectivity index is 2.04. The second-order valence-electron chi connectivity index (χ2n) is 6.63. The summed E-state index contributed by atoms with van der Waals surface area (Å²) in [4.78, 5) is 26.7. The minimum Gasteiger partial charge on any atom is -0.394 e. The Labute approximate surface area is 170 Å². The van der Waals surface area contributed by atoms with Gasteiger partial charge in [-0.15, -0.1) is 0 Å². The Morgan fingerprint density at radius 1 is 1.37 bits per heavy atom. The summed E-state index contributed by atoms with van der Waals surface area (Å²) in [6.07, 6.45) is 1.56. The number of carbonyl (C=O) groups excluding carboxylic acids is 2. The highest BCUT2D eigenvalue weighted by Crippen LogP contribution is 2.30. The number of Topliss-reactive ketones (excluding diaryl/α,β-unsaturated/α-hetero) is 1. The average molecular weight is 485 g/mol. The van der Waals surface area contributed by atoms with E-state index in [0.29, 0.717) is 23.6 Å². The molecular formula is C19H21FIN3O3. The van der Waals surface area contributed by atoms with Gasteiger partial charge in [-0.2, -0.15) is 0 Å². The van der Waals surface area contributed by atoms with Gasteiger partial charge in [0.1, 0.15) is 11.6 Å². The molecule has 0 aliphatic carbocycles. The van der Waals surface area contributed by atoms with E-state index in [1.807, 2.05) is 22.6 Å². The molecule has 144 valence electrons. The Morgan fingerprint density at radius 3 is 2.74 bits per heavy atom. The van der Waals surface area contributed by atoms with Crippen molar-refractivity contribution in [3.8, 4) is 0 Å². The van der Waals surface area contributed by atoms with E-state index in [1.54, 1.807) is 28.6 Å². The topological polar surface area (TPSA) is 74.6 Å². The summed E-state index contributed by atoms with van der Waals surface area (Å²) >= 11 is 2.02. The van der Waals surface area contributed by atoms with E-state index in [-0.39, 0.29) is 30.0 Å². The van der Waals surface area contributed by atoms with Crippen molar-refractivity contribution in [2.45, 2.75) is 25.8 Å². The molecule has 2 aromatic rings. The summed E-state index contributed by atoms with van der Waals surface area (Å²) in [5.41, 5.74) is 0.869. The van der Waals surface area contributed by atoms with Crippen molar-refractivity contribution in [3.05, 3.63) is 44.9 Å². The molecule has 0 saturated carbocycles. The summed E-state index contributed by atoms with van der Waals surface area (Å²) in [6.45, 7) is 1.86. The molecule has 2 heterocycles. The highest BCUT2D eigenvalue weighted by Gasteiger charge is 2.32. The first-order valence-corrected chi connectivity index (χ1v) is 9.76. The maximum absolute atomic E-state index is 14.3. The lowest BCUT2D eigenvalue weighted by Gasteiger charge is -2.23. The molecule has 1 unspecified atom stereocenters. The van der Waals surface area contributed by atoms with Gasteiger partial charge in [0.05, 0.1) is 29.6 Å². The Bertz CT molecular complexity index is 897. The zero-order valence-electron chi connectivity index (χ0n) is 15.1. The van der Waals surface area contributed by atoms with Crippen molar-refractivity contribution in [3.63, 3.8) is 0 Å². The number of hydrogen-bond donors (Lipinski definition) is 2. The molecule has 1 aromatic carbocycles. The third-order valence-electron chi connectivity index (χ3n) is 4.86. The zero-order chi connectivity index (χ0) is 19.7. The van der Waals surface area contributed by atoms with E-state index < -0.39 is 5.82 Å². The standard InChI is InChI=1S/C19H21FIN3O3/c1-11(26)17-9-14(19(27)24-7-3-4-13(24)10-25)18(23(17)2)22-16-6-5-12(21)8-15(16)20/h5-6,8-9,13,22,25H,3-4,7,10H2,1-2H3. The monoisotopic (exact) mass is 485 g/mol. The number of nitrogens with zero attached hydrogens (tertiary/aromatic N) is 2. The van der Waals surface area contributed by atoms with Crippen LogP contribution < -0.4 is 5.32 Å². The van der Waals surface area contributed by atoms with Crippen LogP contribution in [0.1, 0.15) is 40.6 Å². The molecule has 1 aliphatic rings. The minimum atomic E-state index is -0.444. The molecule has 1 aromatic heterocycles. The Kier molecular flexibility index (Phi) is 5.85. The predicted molar refractivity (Wildman–Crippen MR) is 109 cm³/mol. The second-order valence-corrected chi connectivity index (χ2v) is 7.88. The lowest BCUT2D eigenvalue weighted by molar-refractivity contribution is 0.0678. The number of halogens is 2. The average Bonchev–Trinajstić information content (AvgIpc) is 3.22. The van der Waals surface area contributed by atoms with Crippen LogP contribution in [-0.2, 0) is 7.05 Å². The molecule has 1 atom stereocenters. The normalized spacial score (nSPS) is 16.6. The van der Waals surface area contributed by atoms with Crippen LogP contribution in [-0.4, -0.2) is 45.5 Å². The van der Waals surface area contributed by atoms with E-state index in [2.05, 4.69) is 5.32 Å². The van der Waals surface area contributed by atoms with Crippen LogP contribution in [0.5, 0.6) is 0 Å². The van der Waals surface area contributed by atoms with Crippen molar-refractivity contribution in [2.75, 3.05) is 18.5 Å². The van der Waals surface area contributed by atoms with Crippen LogP contribution >= 0.6 is 22.6 Å². The minimum absolute atomic E-state index is 0.105. The highest BCUT2D eigenvalue weighted by atomic mass is 127. The number of benzene rings is 1. The molecule has 8 heteroatoms. The summed E-state index contributed by atoms with van der Waals surface area (Å²) in [5.74, 6) is -0.555. The van der Waals surface area contributed by atoms with Crippen molar-refractivity contribution >= 4 is 45.8 Å². The van der Waals surface area contributed by atoms with Crippen LogP contribution in [0.4, 0.5) is 15.9 Å². The van der Waals surface area contributed by atoms with Crippen molar-refractivity contribution in [2.24, 2.45) is 7.05 Å². The van der Waals surface area contributed by atoms with E-state index in [0.717, 1.165) is 16.4 Å². The van der Waals surface area contributed by atoms with Gasteiger partial charge < -0.3 is 19.9 Å². The molecule has 1 saturated heterocycles. The number of likely N-dealkylation sites (tertiary alicyclic amines) is 1. The van der Waals surface area contributed by atoms with Gasteiger partial charge in [0, 0.05) is 24.1 Å². The molecule has 0 spiro atoms. The smallest absolute Gasteiger partial charge is 0.257 e. The Morgan fingerprint density at radius 2 is 2.11 bits per heavy atom. The molecular weight excluding hydrogens is 464 g/mol. The maximum Gasteiger partial charge on any atom is 0.257 e. The first-order chi connectivity index (χ1) is 12.8. The van der Waals surface area contributed by atoms with E-state index >= 15 is 0 Å². The van der Waals surface area contributed by atoms with Gasteiger partial charge in [0.15, 0.2) is 5.78 Å². The largest absolute Gasteiger partial charge is 0.394 e. The predicted octanol–water partition coefficient (Wildman–Crippen LogP) is 3.31. The molecule has 1 fully saturated rings. The number of carbonyl (C=O) groups is 2. The number of nitrogens with one attached hydrogen (secondary N) is 1. The fourth-order valence-corrected chi connectivity index (χ4v) is 3.87. The van der Waals surface area contributed by atoms with Crippen LogP contribution in [0.25, 0.3) is 0 Å². The first-order valence-electron chi connectivity index (χ1n) is 8.68. The summed E-state index contributed by atoms with van der Waals surface area (Å²) in [7, 11) is 1.66. The lowest BCUT2D eigenvalue weighted by atomic mass is 10.2. The number of aliphatic hydroxyl groups excluding tert-OH is 1. The molecule has 3 rings (SSSR count). The molecule has 6 nitrogen and oxygen atoms in total. The summed E-state index contributed by atoms with van der Waals surface area (Å²) in [6, 6.07) is 6.04. The van der Waals surface area contributed by atoms with Crippen LogP contribution in [0.15, 0.2) is 24.3 Å². The van der Waals surface area contributed by atoms with E-state index in [4.69, 9.17) is 0 Å². The van der Waals surface area contributed by atoms with Crippen LogP contribution in [0.2, 0.25) is 0 Å². The molecule has 1 aliphatic heterocycles. The van der Waals surface area contributed by atoms with Crippen molar-refractivity contribution < 1.29 is 19.1 Å². The number of anilines is 2.